The maximum Gasteiger partial charge on any atom is 0.306 e. The Labute approximate surface area is 364 Å². The second-order valence-corrected chi connectivity index (χ2v) is 18.3. The molecule has 13 heteroatoms. The van der Waals surface area contributed by atoms with Crippen LogP contribution in [0.15, 0.2) is 24.3 Å². The van der Waals surface area contributed by atoms with Crippen LogP contribution < -0.4 is 0 Å². The summed E-state index contributed by atoms with van der Waals surface area (Å²) in [5.74, 6) is -1.99. The number of carbonyl (C=O) groups is 2. The molecule has 1 rings (SSSR count). The quantitative estimate of drug-likeness (QED) is 0.0198. The zero-order valence-electron chi connectivity index (χ0n) is 37.6. The highest BCUT2D eigenvalue weighted by Gasteiger charge is 2.46. The van der Waals surface area contributed by atoms with E-state index in [0.717, 1.165) is 57.8 Å². The number of unbranched alkanes of at least 4 members (excludes halogenated alkanes) is 24. The molecule has 0 amide bonds. The summed E-state index contributed by atoms with van der Waals surface area (Å²) in [6.07, 6.45) is 32.1. The van der Waals surface area contributed by atoms with Crippen molar-refractivity contribution in [3.05, 3.63) is 24.3 Å². The summed E-state index contributed by atoms with van der Waals surface area (Å²) >= 11 is 0. The number of esters is 2. The molecule has 0 aromatic heterocycles. The lowest BCUT2D eigenvalue weighted by atomic mass is 10.00. The van der Waals surface area contributed by atoms with Crippen LogP contribution >= 0.6 is 0 Å². The molecule has 1 fully saturated rings. The van der Waals surface area contributed by atoms with Crippen molar-refractivity contribution in [3.63, 3.8) is 0 Å². The van der Waals surface area contributed by atoms with Gasteiger partial charge < -0.3 is 34.3 Å². The zero-order chi connectivity index (χ0) is 44.1. The molecule has 2 unspecified atom stereocenters. The number of hydrogen-bond donors (Lipinski definition) is 4. The first-order chi connectivity index (χ1) is 29.0. The fraction of sp³-hybridized carbons (Fsp3) is 0.872. The van der Waals surface area contributed by atoms with Gasteiger partial charge >= 0.3 is 11.9 Å². The van der Waals surface area contributed by atoms with Crippen LogP contribution in [0.3, 0.4) is 0 Å². The molecule has 0 aromatic rings. The fourth-order valence-electron chi connectivity index (χ4n) is 7.25. The van der Waals surface area contributed by atoms with Crippen molar-refractivity contribution >= 4 is 22.1 Å². The average Bonchev–Trinajstić information content (AvgIpc) is 3.21. The molecule has 0 saturated carbocycles. The monoisotopic (exact) mass is 875 g/mol. The minimum absolute atomic E-state index is 0.162. The van der Waals surface area contributed by atoms with Crippen LogP contribution in [0.5, 0.6) is 0 Å². The first-order valence-electron chi connectivity index (χ1n) is 23.9. The number of ether oxygens (including phenoxy) is 4. The van der Waals surface area contributed by atoms with E-state index in [2.05, 4.69) is 38.2 Å². The Hall–Kier alpha value is -1.87. The third-order valence-electron chi connectivity index (χ3n) is 11.0. The van der Waals surface area contributed by atoms with Gasteiger partial charge in [-0.2, -0.15) is 8.42 Å². The Morgan fingerprint density at radius 2 is 0.950 bits per heavy atom. The summed E-state index contributed by atoms with van der Waals surface area (Å²) in [5, 5.41) is 30.9. The van der Waals surface area contributed by atoms with Crippen molar-refractivity contribution in [2.24, 2.45) is 0 Å². The number of hydrogen-bond acceptors (Lipinski definition) is 11. The van der Waals surface area contributed by atoms with E-state index in [1.54, 1.807) is 0 Å². The second kappa shape index (κ2) is 37.7. The van der Waals surface area contributed by atoms with Crippen molar-refractivity contribution in [3.8, 4) is 0 Å². The average molecular weight is 875 g/mol. The second-order valence-electron chi connectivity index (χ2n) is 16.8. The van der Waals surface area contributed by atoms with Crippen LogP contribution in [0.2, 0.25) is 0 Å². The predicted molar refractivity (Wildman–Crippen MR) is 238 cm³/mol. The first kappa shape index (κ1) is 56.1. The molecule has 12 nitrogen and oxygen atoms in total. The predicted octanol–water partition coefficient (Wildman–Crippen LogP) is 10.0. The van der Waals surface area contributed by atoms with E-state index in [-0.39, 0.29) is 19.4 Å². The van der Waals surface area contributed by atoms with Crippen LogP contribution in [-0.2, 0) is 38.7 Å². The molecule has 6 atom stereocenters. The minimum Gasteiger partial charge on any atom is -0.462 e. The largest absolute Gasteiger partial charge is 0.462 e. The number of aliphatic hydroxyl groups is 3. The Bertz CT molecular complexity index is 1210. The molecular weight excluding hydrogens is 789 g/mol. The SMILES string of the molecule is CCCCCC/C=C/CCCCCCCCCCCC(=O)O[C@H](COC(=O)CCCCCCC/C=C/CCCCCCCC)CO[C@H]1O[C@H](CS(=O)(=O)O)[C@@H](O)C(O)C1O. The Kier molecular flexibility index (Phi) is 35.2. The van der Waals surface area contributed by atoms with E-state index in [9.17, 15) is 37.9 Å². The summed E-state index contributed by atoms with van der Waals surface area (Å²) in [7, 11) is -4.60. The standard InChI is InChI=1S/C47H86O12S/c1-3-5-7-9-11-13-15-17-19-20-22-24-26-28-30-32-34-36-43(49)58-40(38-57-47-46(52)45(51)44(50)41(59-47)39-60(53,54)55)37-56-42(48)35-33-31-29-27-25-23-21-18-16-14-12-10-8-6-4-2/h13,15,18,21,40-41,44-47,50-52H,3-12,14,16-17,19-20,22-39H2,1-2H3,(H,53,54,55)/b15-13+,21-18+/t40-,41-,44-,45?,46?,47+/m1/s1. The lowest BCUT2D eigenvalue weighted by molar-refractivity contribution is -0.297. The van der Waals surface area contributed by atoms with Crippen LogP contribution in [0.1, 0.15) is 206 Å². The van der Waals surface area contributed by atoms with Gasteiger partial charge in [0.25, 0.3) is 10.1 Å². The molecule has 1 aliphatic rings. The molecule has 1 saturated heterocycles. The van der Waals surface area contributed by atoms with E-state index in [0.29, 0.717) is 12.8 Å². The summed E-state index contributed by atoms with van der Waals surface area (Å²) in [6.45, 7) is 3.75. The van der Waals surface area contributed by atoms with Crippen molar-refractivity contribution in [1.82, 2.24) is 0 Å². The minimum atomic E-state index is -4.60. The van der Waals surface area contributed by atoms with Gasteiger partial charge in [0.1, 0.15) is 36.8 Å². The first-order valence-corrected chi connectivity index (χ1v) is 25.5. The van der Waals surface area contributed by atoms with Gasteiger partial charge in [-0.1, -0.05) is 154 Å². The summed E-state index contributed by atoms with van der Waals surface area (Å²) in [6, 6.07) is 0. The summed E-state index contributed by atoms with van der Waals surface area (Å²) in [4.78, 5) is 25.4. The van der Waals surface area contributed by atoms with E-state index < -0.39 is 71.2 Å². The van der Waals surface area contributed by atoms with Crippen LogP contribution in [0.25, 0.3) is 0 Å². The highest BCUT2D eigenvalue weighted by molar-refractivity contribution is 7.85. The molecule has 0 aliphatic carbocycles. The summed E-state index contributed by atoms with van der Waals surface area (Å²) < 4.78 is 54.1. The van der Waals surface area contributed by atoms with Gasteiger partial charge in [0.05, 0.1) is 6.61 Å². The van der Waals surface area contributed by atoms with Gasteiger partial charge in [-0.25, -0.2) is 0 Å². The highest BCUT2D eigenvalue weighted by atomic mass is 32.2. The third kappa shape index (κ3) is 31.9. The van der Waals surface area contributed by atoms with E-state index >= 15 is 0 Å². The zero-order valence-corrected chi connectivity index (χ0v) is 38.4. The Morgan fingerprint density at radius 3 is 1.40 bits per heavy atom. The van der Waals surface area contributed by atoms with Crippen molar-refractivity contribution in [2.75, 3.05) is 19.0 Å². The van der Waals surface area contributed by atoms with E-state index in [1.165, 1.54) is 109 Å². The Morgan fingerprint density at radius 1 is 0.550 bits per heavy atom. The van der Waals surface area contributed by atoms with Crippen molar-refractivity contribution in [1.29, 1.82) is 0 Å². The van der Waals surface area contributed by atoms with Gasteiger partial charge in [-0.3, -0.25) is 14.1 Å². The lowest BCUT2D eigenvalue weighted by Gasteiger charge is -2.40. The van der Waals surface area contributed by atoms with Gasteiger partial charge in [-0.15, -0.1) is 0 Å². The summed E-state index contributed by atoms with van der Waals surface area (Å²) in [5.41, 5.74) is 0. The van der Waals surface area contributed by atoms with Gasteiger partial charge in [0, 0.05) is 12.8 Å². The molecule has 4 N–H and O–H groups in total. The van der Waals surface area contributed by atoms with Crippen molar-refractivity contribution in [2.45, 2.75) is 243 Å². The lowest BCUT2D eigenvalue weighted by Crippen LogP contribution is -2.60. The third-order valence-corrected chi connectivity index (χ3v) is 11.8. The molecule has 0 bridgehead atoms. The molecule has 0 spiro atoms. The van der Waals surface area contributed by atoms with Crippen LogP contribution in [0.4, 0.5) is 0 Å². The molecule has 352 valence electrons. The number of aliphatic hydroxyl groups excluding tert-OH is 3. The Balaban J connectivity index is 2.42. The molecule has 60 heavy (non-hydrogen) atoms. The smallest absolute Gasteiger partial charge is 0.306 e. The van der Waals surface area contributed by atoms with E-state index in [1.807, 2.05) is 0 Å². The highest BCUT2D eigenvalue weighted by Crippen LogP contribution is 2.24. The van der Waals surface area contributed by atoms with Gasteiger partial charge in [0.2, 0.25) is 0 Å². The number of allylic oxidation sites excluding steroid dienone is 4. The normalized spacial score (nSPS) is 20.3. The van der Waals surface area contributed by atoms with Crippen LogP contribution in [-0.4, -0.2) is 96.0 Å². The van der Waals surface area contributed by atoms with Crippen molar-refractivity contribution < 1.29 is 56.8 Å². The molecular formula is C47H86O12S. The molecule has 1 aliphatic heterocycles. The number of rotatable bonds is 40. The topological polar surface area (TPSA) is 186 Å². The van der Waals surface area contributed by atoms with Crippen LogP contribution in [0, 0.1) is 0 Å². The molecule has 0 radical (unpaired) electrons. The fourth-order valence-corrected chi connectivity index (χ4v) is 7.95. The molecule has 1 heterocycles. The molecule has 0 aromatic carbocycles. The maximum absolute atomic E-state index is 12.8. The van der Waals surface area contributed by atoms with Gasteiger partial charge in [0.15, 0.2) is 12.4 Å². The maximum atomic E-state index is 12.8. The van der Waals surface area contributed by atoms with E-state index in [4.69, 9.17) is 18.9 Å². The van der Waals surface area contributed by atoms with Gasteiger partial charge in [-0.05, 0) is 64.2 Å². The number of carbonyl (C=O) groups excluding carboxylic acids is 2.